The van der Waals surface area contributed by atoms with Crippen LogP contribution in [0.5, 0.6) is 0 Å². The molecule has 1 fully saturated rings. The molecule has 0 radical (unpaired) electrons. The molecule has 0 aromatic rings. The number of carbonyl (C=O) groups excluding carboxylic acids is 1. The van der Waals surface area contributed by atoms with Crippen LogP contribution in [0, 0.1) is 0 Å². The third-order valence-electron chi connectivity index (χ3n) is 1.52. The molecule has 0 saturated carbocycles. The zero-order chi connectivity index (χ0) is 6.15. The van der Waals surface area contributed by atoms with E-state index in [-0.39, 0.29) is 12.1 Å². The Balaban J connectivity index is 2.56. The maximum absolute atomic E-state index is 10.6. The minimum atomic E-state index is 0.178. The predicted molar refractivity (Wildman–Crippen MR) is 30.2 cm³/mol. The van der Waals surface area contributed by atoms with E-state index in [0.29, 0.717) is 6.54 Å². The fourth-order valence-corrected chi connectivity index (χ4v) is 0.713. The van der Waals surface area contributed by atoms with Crippen LogP contribution in [0.2, 0.25) is 0 Å². The molecule has 46 valence electrons. The summed E-state index contributed by atoms with van der Waals surface area (Å²) in [6.45, 7) is 2.46. The SMILES string of the molecule is CC1NCC(=O)N1C. The van der Waals surface area contributed by atoms with Crippen molar-refractivity contribution in [3.63, 3.8) is 0 Å². The van der Waals surface area contributed by atoms with E-state index in [1.807, 2.05) is 6.92 Å². The molecule has 3 heteroatoms. The molecular weight excluding hydrogens is 104 g/mol. The maximum Gasteiger partial charge on any atom is 0.237 e. The second-order valence-electron chi connectivity index (χ2n) is 2.06. The van der Waals surface area contributed by atoms with Crippen molar-refractivity contribution in [2.24, 2.45) is 0 Å². The molecular formula is C5H10N2O. The second-order valence-corrected chi connectivity index (χ2v) is 2.06. The zero-order valence-corrected chi connectivity index (χ0v) is 5.14. The Labute approximate surface area is 48.7 Å². The topological polar surface area (TPSA) is 32.3 Å². The maximum atomic E-state index is 10.6. The van der Waals surface area contributed by atoms with Crippen LogP contribution in [0.3, 0.4) is 0 Å². The molecule has 0 bridgehead atoms. The number of hydrogen-bond donors (Lipinski definition) is 1. The highest BCUT2D eigenvalue weighted by Crippen LogP contribution is 1.97. The van der Waals surface area contributed by atoms with Crippen molar-refractivity contribution < 1.29 is 4.79 Å². The summed E-state index contributed by atoms with van der Waals surface area (Å²) in [5.41, 5.74) is 0. The predicted octanol–water partition coefficient (Wildman–Crippen LogP) is -0.606. The van der Waals surface area contributed by atoms with Crippen LogP contribution in [0.4, 0.5) is 0 Å². The first-order chi connectivity index (χ1) is 3.72. The van der Waals surface area contributed by atoms with Crippen LogP contribution in [-0.2, 0) is 4.79 Å². The number of likely N-dealkylation sites (N-methyl/N-ethyl adjacent to an activating group) is 1. The molecule has 0 aliphatic carbocycles. The van der Waals surface area contributed by atoms with Gasteiger partial charge >= 0.3 is 0 Å². The number of nitrogens with one attached hydrogen (secondary N) is 1. The van der Waals surface area contributed by atoms with E-state index in [9.17, 15) is 4.79 Å². The molecule has 0 aromatic carbocycles. The minimum absolute atomic E-state index is 0.178. The second kappa shape index (κ2) is 1.74. The quantitative estimate of drug-likeness (QED) is 0.456. The Morgan fingerprint density at radius 2 is 2.50 bits per heavy atom. The number of nitrogens with zero attached hydrogens (tertiary/aromatic N) is 1. The van der Waals surface area contributed by atoms with E-state index in [4.69, 9.17) is 0 Å². The van der Waals surface area contributed by atoms with Gasteiger partial charge in [-0.3, -0.25) is 10.1 Å². The van der Waals surface area contributed by atoms with Gasteiger partial charge < -0.3 is 4.90 Å². The van der Waals surface area contributed by atoms with Gasteiger partial charge in [-0.2, -0.15) is 0 Å². The smallest absolute Gasteiger partial charge is 0.237 e. The molecule has 0 aromatic heterocycles. The Hall–Kier alpha value is -0.570. The third kappa shape index (κ3) is 0.690. The summed E-state index contributed by atoms with van der Waals surface area (Å²) in [7, 11) is 1.80. The van der Waals surface area contributed by atoms with Crippen LogP contribution >= 0.6 is 0 Å². The lowest BCUT2D eigenvalue weighted by Crippen LogP contribution is -2.30. The summed E-state index contributed by atoms with van der Waals surface area (Å²) in [5.74, 6) is 0.178. The molecule has 0 spiro atoms. The molecule has 3 nitrogen and oxygen atoms in total. The molecule has 1 saturated heterocycles. The average molecular weight is 114 g/mol. The van der Waals surface area contributed by atoms with Gasteiger partial charge in [-0.15, -0.1) is 0 Å². The molecule has 1 unspecified atom stereocenters. The fourth-order valence-electron chi connectivity index (χ4n) is 0.713. The third-order valence-corrected chi connectivity index (χ3v) is 1.52. The minimum Gasteiger partial charge on any atom is -0.329 e. The van der Waals surface area contributed by atoms with Gasteiger partial charge in [0.15, 0.2) is 0 Å². The van der Waals surface area contributed by atoms with Gasteiger partial charge in [-0.25, -0.2) is 0 Å². The molecule has 1 aliphatic heterocycles. The highest BCUT2D eigenvalue weighted by Gasteiger charge is 2.21. The first-order valence-electron chi connectivity index (χ1n) is 2.71. The van der Waals surface area contributed by atoms with Crippen molar-refractivity contribution in [3.05, 3.63) is 0 Å². The van der Waals surface area contributed by atoms with Crippen molar-refractivity contribution in [1.29, 1.82) is 0 Å². The summed E-state index contributed by atoms with van der Waals surface area (Å²) in [6.07, 6.45) is 0.225. The van der Waals surface area contributed by atoms with Crippen molar-refractivity contribution in [3.8, 4) is 0 Å². The Bertz CT molecular complexity index is 113. The molecule has 1 atom stereocenters. The lowest BCUT2D eigenvalue weighted by Gasteiger charge is -2.12. The Morgan fingerprint density at radius 1 is 1.88 bits per heavy atom. The van der Waals surface area contributed by atoms with Gasteiger partial charge in [0.05, 0.1) is 12.7 Å². The van der Waals surface area contributed by atoms with E-state index in [0.717, 1.165) is 0 Å². The summed E-state index contributed by atoms with van der Waals surface area (Å²) in [6, 6.07) is 0. The largest absolute Gasteiger partial charge is 0.329 e. The van der Waals surface area contributed by atoms with E-state index in [1.165, 1.54) is 0 Å². The number of amides is 1. The molecule has 1 rings (SSSR count). The van der Waals surface area contributed by atoms with E-state index >= 15 is 0 Å². The van der Waals surface area contributed by atoms with Gasteiger partial charge in [-0.1, -0.05) is 0 Å². The van der Waals surface area contributed by atoms with Crippen LogP contribution in [0.1, 0.15) is 6.92 Å². The van der Waals surface area contributed by atoms with Crippen molar-refractivity contribution in [2.45, 2.75) is 13.1 Å². The van der Waals surface area contributed by atoms with Crippen LogP contribution < -0.4 is 5.32 Å². The summed E-state index contributed by atoms with van der Waals surface area (Å²) in [5, 5.41) is 3.00. The van der Waals surface area contributed by atoms with Gasteiger partial charge in [0.1, 0.15) is 0 Å². The van der Waals surface area contributed by atoms with Gasteiger partial charge in [0, 0.05) is 7.05 Å². The summed E-state index contributed by atoms with van der Waals surface area (Å²) in [4.78, 5) is 12.3. The van der Waals surface area contributed by atoms with E-state index in [2.05, 4.69) is 5.32 Å². The average Bonchev–Trinajstić information content (AvgIpc) is 1.98. The van der Waals surface area contributed by atoms with Gasteiger partial charge in [0.2, 0.25) is 5.91 Å². The van der Waals surface area contributed by atoms with E-state index < -0.39 is 0 Å². The monoisotopic (exact) mass is 114 g/mol. The zero-order valence-electron chi connectivity index (χ0n) is 5.14. The number of rotatable bonds is 0. The molecule has 8 heavy (non-hydrogen) atoms. The highest BCUT2D eigenvalue weighted by molar-refractivity contribution is 5.80. The van der Waals surface area contributed by atoms with E-state index in [1.54, 1.807) is 11.9 Å². The number of hydrogen-bond acceptors (Lipinski definition) is 2. The lowest BCUT2D eigenvalue weighted by atomic mass is 10.5. The molecule has 1 heterocycles. The Morgan fingerprint density at radius 3 is 2.62 bits per heavy atom. The Kier molecular flexibility index (Phi) is 1.21. The van der Waals surface area contributed by atoms with Gasteiger partial charge in [0.25, 0.3) is 0 Å². The fraction of sp³-hybridized carbons (Fsp3) is 0.800. The van der Waals surface area contributed by atoms with Crippen molar-refractivity contribution in [2.75, 3.05) is 13.6 Å². The van der Waals surface area contributed by atoms with Crippen molar-refractivity contribution in [1.82, 2.24) is 10.2 Å². The summed E-state index contributed by atoms with van der Waals surface area (Å²) < 4.78 is 0. The standard InChI is InChI=1S/C5H10N2O/c1-4-6-3-5(8)7(4)2/h4,6H,3H2,1-2H3. The first kappa shape index (κ1) is 5.56. The van der Waals surface area contributed by atoms with Crippen LogP contribution in [-0.4, -0.2) is 30.6 Å². The molecule has 1 aliphatic rings. The van der Waals surface area contributed by atoms with Crippen molar-refractivity contribution >= 4 is 5.91 Å². The normalized spacial score (nSPS) is 29.5. The summed E-state index contributed by atoms with van der Waals surface area (Å²) >= 11 is 0. The lowest BCUT2D eigenvalue weighted by molar-refractivity contribution is -0.126. The molecule has 1 N–H and O–H groups in total. The van der Waals surface area contributed by atoms with Crippen LogP contribution in [0.15, 0.2) is 0 Å². The highest BCUT2D eigenvalue weighted by atomic mass is 16.2. The number of carbonyl (C=O) groups is 1. The molecule has 1 amide bonds. The first-order valence-corrected chi connectivity index (χ1v) is 2.71. The van der Waals surface area contributed by atoms with Crippen LogP contribution in [0.25, 0.3) is 0 Å². The van der Waals surface area contributed by atoms with Gasteiger partial charge in [-0.05, 0) is 6.92 Å².